The minimum atomic E-state index is -3.94. The van der Waals surface area contributed by atoms with Crippen LogP contribution >= 0.6 is 22.7 Å². The number of fused-ring (bicyclic) bond motifs is 8. The summed E-state index contributed by atoms with van der Waals surface area (Å²) >= 11 is 2.71. The summed E-state index contributed by atoms with van der Waals surface area (Å²) in [7, 11) is -3.94. The SMILES string of the molecule is CC1=CCCC2(C)C(CCC2(O)CN(CCc2cccs2)S(=O)(=O)c2cccs2)c2ccc(cc2C(=O)c2ccc(F)c(F)c2)CC(O)CC1. The predicted molar refractivity (Wildman–Crippen MR) is 194 cm³/mol. The zero-order valence-corrected chi connectivity index (χ0v) is 30.7. The fourth-order valence-electron chi connectivity index (χ4n) is 7.79. The van der Waals surface area contributed by atoms with Crippen LogP contribution in [0, 0.1) is 17.0 Å². The molecule has 2 N–H and O–H groups in total. The maximum absolute atomic E-state index is 14.4. The second-order valence-electron chi connectivity index (χ2n) is 14.0. The molecule has 2 aromatic heterocycles. The van der Waals surface area contributed by atoms with Crippen LogP contribution < -0.4 is 0 Å². The number of carbonyl (C=O) groups is 1. The van der Waals surface area contributed by atoms with Crippen molar-refractivity contribution in [2.24, 2.45) is 5.41 Å². The minimum Gasteiger partial charge on any atom is -0.393 e. The van der Waals surface area contributed by atoms with E-state index in [0.29, 0.717) is 62.5 Å². The molecule has 2 aromatic carbocycles. The Morgan fingerprint density at radius 3 is 2.50 bits per heavy atom. The summed E-state index contributed by atoms with van der Waals surface area (Å²) < 4.78 is 58.2. The maximum atomic E-state index is 14.4. The van der Waals surface area contributed by atoms with Crippen LogP contribution in [0.4, 0.5) is 8.78 Å². The molecule has 4 atom stereocenters. The highest BCUT2D eigenvalue weighted by Crippen LogP contribution is 2.59. The van der Waals surface area contributed by atoms with Gasteiger partial charge in [0.1, 0.15) is 4.21 Å². The van der Waals surface area contributed by atoms with Gasteiger partial charge >= 0.3 is 0 Å². The summed E-state index contributed by atoms with van der Waals surface area (Å²) in [4.78, 5) is 15.2. The number of hydrogen-bond donors (Lipinski definition) is 2. The first kappa shape index (κ1) is 36.7. The lowest BCUT2D eigenvalue weighted by atomic mass is 9.64. The van der Waals surface area contributed by atoms with Gasteiger partial charge in [-0.05, 0) is 122 Å². The quantitative estimate of drug-likeness (QED) is 0.133. The van der Waals surface area contributed by atoms with Gasteiger partial charge in [0, 0.05) is 34.5 Å². The summed E-state index contributed by atoms with van der Waals surface area (Å²) in [6.07, 6.45) is 5.41. The lowest BCUT2D eigenvalue weighted by molar-refractivity contribution is -0.0722. The number of halogens is 2. The van der Waals surface area contributed by atoms with E-state index in [2.05, 4.69) is 6.08 Å². The van der Waals surface area contributed by atoms with Gasteiger partial charge in [-0.15, -0.1) is 22.7 Å². The molecule has 11 heteroatoms. The number of rotatable bonds is 9. The first-order valence-electron chi connectivity index (χ1n) is 17.1. The molecule has 0 saturated heterocycles. The largest absolute Gasteiger partial charge is 0.393 e. The summed E-state index contributed by atoms with van der Waals surface area (Å²) in [5.41, 5.74) is 0.495. The molecule has 0 spiro atoms. The number of hydrogen-bond acceptors (Lipinski definition) is 7. The number of thiophene rings is 2. The van der Waals surface area contributed by atoms with E-state index in [1.165, 1.54) is 10.4 Å². The maximum Gasteiger partial charge on any atom is 0.252 e. The van der Waals surface area contributed by atoms with Crippen LogP contribution in [-0.4, -0.2) is 53.5 Å². The smallest absolute Gasteiger partial charge is 0.252 e. The van der Waals surface area contributed by atoms with Gasteiger partial charge in [-0.25, -0.2) is 17.2 Å². The van der Waals surface area contributed by atoms with Gasteiger partial charge in [0.25, 0.3) is 10.0 Å². The van der Waals surface area contributed by atoms with E-state index in [4.69, 9.17) is 0 Å². The van der Waals surface area contributed by atoms with Gasteiger partial charge < -0.3 is 10.2 Å². The first-order chi connectivity index (χ1) is 23.8. The van der Waals surface area contributed by atoms with Crippen LogP contribution in [0.1, 0.15) is 90.2 Å². The molecule has 2 bridgehead atoms. The van der Waals surface area contributed by atoms with Crippen molar-refractivity contribution >= 4 is 38.5 Å². The van der Waals surface area contributed by atoms with Gasteiger partial charge in [0.05, 0.1) is 11.7 Å². The third-order valence-corrected chi connectivity index (χ3v) is 15.0. The lowest BCUT2D eigenvalue weighted by Crippen LogP contribution is -2.54. The number of nitrogens with zero attached hydrogens (tertiary/aromatic N) is 1. The third kappa shape index (κ3) is 7.45. The van der Waals surface area contributed by atoms with Crippen LogP contribution in [-0.2, 0) is 22.9 Å². The Morgan fingerprint density at radius 1 is 1.00 bits per heavy atom. The van der Waals surface area contributed by atoms with E-state index in [-0.39, 0.29) is 28.8 Å². The molecule has 1 saturated carbocycles. The van der Waals surface area contributed by atoms with Gasteiger partial charge in [0.15, 0.2) is 17.4 Å². The molecule has 1 fully saturated rings. The number of aliphatic hydroxyl groups excluding tert-OH is 1. The highest BCUT2D eigenvalue weighted by molar-refractivity contribution is 7.91. The third-order valence-electron chi connectivity index (χ3n) is 10.8. The number of benzene rings is 2. The number of sulfonamides is 1. The molecule has 0 aliphatic heterocycles. The van der Waals surface area contributed by atoms with Crippen molar-refractivity contribution in [2.75, 3.05) is 13.1 Å². The van der Waals surface area contributed by atoms with Crippen molar-refractivity contribution in [1.29, 1.82) is 0 Å². The number of aliphatic hydroxyl groups is 2. The van der Waals surface area contributed by atoms with E-state index < -0.39 is 44.6 Å². The topological polar surface area (TPSA) is 94.9 Å². The molecule has 2 heterocycles. The Morgan fingerprint density at radius 2 is 1.78 bits per heavy atom. The molecule has 266 valence electrons. The molecule has 4 aromatic rings. The molecule has 3 aliphatic carbocycles. The summed E-state index contributed by atoms with van der Waals surface area (Å²) in [5, 5.41) is 27.4. The zero-order chi connectivity index (χ0) is 35.7. The highest BCUT2D eigenvalue weighted by atomic mass is 32.2. The fraction of sp³-hybridized carbons (Fsp3) is 0.410. The summed E-state index contributed by atoms with van der Waals surface area (Å²) in [5.74, 6) is -3.02. The van der Waals surface area contributed by atoms with E-state index >= 15 is 0 Å². The minimum absolute atomic E-state index is 0.000668. The highest BCUT2D eigenvalue weighted by Gasteiger charge is 2.58. The van der Waals surface area contributed by atoms with Crippen molar-refractivity contribution in [3.05, 3.63) is 122 Å². The van der Waals surface area contributed by atoms with Crippen LogP contribution in [0.3, 0.4) is 0 Å². The Bertz CT molecular complexity index is 1960. The molecule has 3 aliphatic rings. The van der Waals surface area contributed by atoms with Crippen molar-refractivity contribution in [3.63, 3.8) is 0 Å². The Hall–Kier alpha value is -3.06. The Labute approximate surface area is 301 Å². The normalized spacial score (nSPS) is 24.6. The van der Waals surface area contributed by atoms with E-state index in [1.54, 1.807) is 34.9 Å². The molecular formula is C39H43F2NO5S3. The Kier molecular flexibility index (Phi) is 10.9. The van der Waals surface area contributed by atoms with Crippen molar-refractivity contribution < 1.29 is 32.2 Å². The second kappa shape index (κ2) is 14.9. The summed E-state index contributed by atoms with van der Waals surface area (Å²) in [6.45, 7) is 4.11. The summed E-state index contributed by atoms with van der Waals surface area (Å²) in [6, 6.07) is 15.8. The molecule has 50 heavy (non-hydrogen) atoms. The standard InChI is InChI=1S/C39H43F2NO5S3/c1-26-6-3-17-38(2)33(15-18-39(38,45)25-42(19-16-30-7-4-20-48-30)50(46,47)36-8-5-21-49-36)31-13-10-27(22-29(43)12-9-26)23-32(31)37(44)28-11-14-34(40)35(41)24-28/h4-8,10-11,13-14,20-21,23-24,29,33,43,45H,3,9,12,15-19,22,25H2,1-2H3. The van der Waals surface area contributed by atoms with E-state index in [1.807, 2.05) is 43.5 Å². The van der Waals surface area contributed by atoms with Gasteiger partial charge in [-0.3, -0.25) is 4.79 Å². The van der Waals surface area contributed by atoms with Gasteiger partial charge in [0.2, 0.25) is 0 Å². The molecular weight excluding hydrogens is 697 g/mol. The van der Waals surface area contributed by atoms with Crippen LogP contribution in [0.15, 0.2) is 87.3 Å². The lowest BCUT2D eigenvalue weighted by Gasteiger charge is -2.46. The van der Waals surface area contributed by atoms with Gasteiger partial charge in [-0.1, -0.05) is 42.8 Å². The molecule has 7 rings (SSSR count). The fourth-order valence-corrected chi connectivity index (χ4v) is 11.1. The monoisotopic (exact) mass is 739 g/mol. The average molecular weight is 740 g/mol. The number of carbonyl (C=O) groups excluding carboxylic acids is 1. The van der Waals surface area contributed by atoms with Crippen LogP contribution in [0.2, 0.25) is 0 Å². The average Bonchev–Trinajstić information content (AvgIpc) is 3.86. The predicted octanol–water partition coefficient (Wildman–Crippen LogP) is 8.29. The van der Waals surface area contributed by atoms with E-state index in [0.717, 1.165) is 39.5 Å². The molecule has 0 amide bonds. The zero-order valence-electron chi connectivity index (χ0n) is 28.3. The van der Waals surface area contributed by atoms with Gasteiger partial charge in [-0.2, -0.15) is 4.31 Å². The van der Waals surface area contributed by atoms with Crippen molar-refractivity contribution in [1.82, 2.24) is 4.31 Å². The van der Waals surface area contributed by atoms with Crippen LogP contribution in [0.25, 0.3) is 0 Å². The first-order valence-corrected chi connectivity index (χ1v) is 20.3. The van der Waals surface area contributed by atoms with Crippen molar-refractivity contribution in [2.45, 2.75) is 87.0 Å². The molecule has 0 radical (unpaired) electrons. The van der Waals surface area contributed by atoms with Crippen LogP contribution in [0.5, 0.6) is 0 Å². The molecule has 4 unspecified atom stereocenters. The Balaban J connectivity index is 1.44. The number of ketones is 1. The number of allylic oxidation sites excluding steroid dienone is 2. The van der Waals surface area contributed by atoms with E-state index in [9.17, 15) is 32.2 Å². The molecule has 6 nitrogen and oxygen atoms in total. The second-order valence-corrected chi connectivity index (χ2v) is 18.2. The van der Waals surface area contributed by atoms with Crippen molar-refractivity contribution in [3.8, 4) is 0 Å².